The molecule has 2 heterocycles. The molecule has 0 aliphatic carbocycles. The molecule has 0 spiro atoms. The highest BCUT2D eigenvalue weighted by Crippen LogP contribution is 2.31. The fourth-order valence-corrected chi connectivity index (χ4v) is 3.77. The molecule has 0 saturated carbocycles. The minimum Gasteiger partial charge on any atom is -0.481 e. The van der Waals surface area contributed by atoms with E-state index in [4.69, 9.17) is 27.9 Å². The van der Waals surface area contributed by atoms with Crippen LogP contribution in [0.25, 0.3) is 10.2 Å². The molecule has 0 fully saturated rings. The molecule has 7 heteroatoms. The Balaban J connectivity index is 1.98. The van der Waals surface area contributed by atoms with Crippen LogP contribution in [0, 0.1) is 13.8 Å². The highest BCUT2D eigenvalue weighted by molar-refractivity contribution is 7.18. The summed E-state index contributed by atoms with van der Waals surface area (Å²) in [6, 6.07) is 4.99. The number of hydrogen-bond acceptors (Lipinski definition) is 4. The third-order valence-electron chi connectivity index (χ3n) is 3.64. The predicted octanol–water partition coefficient (Wildman–Crippen LogP) is 5.05. The van der Waals surface area contributed by atoms with Gasteiger partial charge in [-0.2, -0.15) is 0 Å². The second-order valence-electron chi connectivity index (χ2n) is 5.25. The van der Waals surface area contributed by atoms with Gasteiger partial charge in [0.05, 0.1) is 10.4 Å². The van der Waals surface area contributed by atoms with Crippen molar-refractivity contribution in [1.29, 1.82) is 0 Å². The van der Waals surface area contributed by atoms with Crippen molar-refractivity contribution >= 4 is 44.8 Å². The summed E-state index contributed by atoms with van der Waals surface area (Å²) in [5.41, 5.74) is 0.823. The number of nitrogens with zero attached hydrogens (tertiary/aromatic N) is 1. The standard InChI is InChI=1S/C16H14Cl2N2O2S/c1-7-9(3)23-16-13(7)15(21)19-14(20-16)8(2)22-12-5-4-10(17)6-11(12)18/h4-6,8H,1-3H3,(H,19,20,21). The van der Waals surface area contributed by atoms with Crippen LogP contribution in [0.15, 0.2) is 23.0 Å². The van der Waals surface area contributed by atoms with Crippen molar-refractivity contribution in [2.45, 2.75) is 26.9 Å². The minimum atomic E-state index is -0.450. The molecule has 120 valence electrons. The number of halogens is 2. The van der Waals surface area contributed by atoms with Gasteiger partial charge in [0.25, 0.3) is 5.56 Å². The Labute approximate surface area is 147 Å². The predicted molar refractivity (Wildman–Crippen MR) is 95.2 cm³/mol. The molecular formula is C16H14Cl2N2O2S. The smallest absolute Gasteiger partial charge is 0.260 e. The van der Waals surface area contributed by atoms with Gasteiger partial charge in [-0.05, 0) is 44.5 Å². The van der Waals surface area contributed by atoms with Gasteiger partial charge in [0.2, 0.25) is 0 Å². The van der Waals surface area contributed by atoms with Crippen LogP contribution in [0.1, 0.15) is 29.3 Å². The van der Waals surface area contributed by atoms with Gasteiger partial charge in [0, 0.05) is 9.90 Å². The first-order valence-electron chi connectivity index (χ1n) is 6.98. The van der Waals surface area contributed by atoms with Crippen LogP contribution >= 0.6 is 34.5 Å². The average Bonchev–Trinajstić information content (AvgIpc) is 2.77. The van der Waals surface area contributed by atoms with Gasteiger partial charge in [-0.15, -0.1) is 11.3 Å². The molecule has 23 heavy (non-hydrogen) atoms. The lowest BCUT2D eigenvalue weighted by molar-refractivity contribution is 0.217. The first-order valence-corrected chi connectivity index (χ1v) is 8.55. The molecule has 2 aromatic heterocycles. The lowest BCUT2D eigenvalue weighted by Crippen LogP contribution is -2.16. The van der Waals surface area contributed by atoms with Crippen molar-refractivity contribution < 1.29 is 4.74 Å². The second kappa shape index (κ2) is 6.15. The van der Waals surface area contributed by atoms with Crippen molar-refractivity contribution in [2.24, 2.45) is 0 Å². The van der Waals surface area contributed by atoms with Crippen LogP contribution in [-0.2, 0) is 0 Å². The van der Waals surface area contributed by atoms with E-state index in [1.165, 1.54) is 11.3 Å². The number of ether oxygens (including phenoxy) is 1. The summed E-state index contributed by atoms with van der Waals surface area (Å²) in [7, 11) is 0. The van der Waals surface area contributed by atoms with Crippen LogP contribution < -0.4 is 10.3 Å². The van der Waals surface area contributed by atoms with Gasteiger partial charge < -0.3 is 9.72 Å². The van der Waals surface area contributed by atoms with Crippen LogP contribution in [0.5, 0.6) is 5.75 Å². The quantitative estimate of drug-likeness (QED) is 0.703. The number of aromatic amines is 1. The molecule has 0 bridgehead atoms. The lowest BCUT2D eigenvalue weighted by Gasteiger charge is -2.15. The van der Waals surface area contributed by atoms with E-state index in [-0.39, 0.29) is 5.56 Å². The summed E-state index contributed by atoms with van der Waals surface area (Å²) < 4.78 is 5.81. The fraction of sp³-hybridized carbons (Fsp3) is 0.250. The maximum absolute atomic E-state index is 12.3. The van der Waals surface area contributed by atoms with Crippen molar-refractivity contribution in [2.75, 3.05) is 0 Å². The summed E-state index contributed by atoms with van der Waals surface area (Å²) in [5.74, 6) is 0.958. The van der Waals surface area contributed by atoms with Gasteiger partial charge in [-0.3, -0.25) is 4.79 Å². The molecule has 0 amide bonds. The fourth-order valence-electron chi connectivity index (χ4n) is 2.28. The zero-order valence-electron chi connectivity index (χ0n) is 12.7. The number of aromatic nitrogens is 2. The topological polar surface area (TPSA) is 55.0 Å². The van der Waals surface area contributed by atoms with E-state index < -0.39 is 6.10 Å². The van der Waals surface area contributed by atoms with Crippen molar-refractivity contribution in [3.8, 4) is 5.75 Å². The SMILES string of the molecule is Cc1sc2nc(C(C)Oc3ccc(Cl)cc3Cl)[nH]c(=O)c2c1C. The molecule has 1 unspecified atom stereocenters. The Kier molecular flexibility index (Phi) is 4.36. The van der Waals surface area contributed by atoms with Crippen molar-refractivity contribution in [3.63, 3.8) is 0 Å². The van der Waals surface area contributed by atoms with Crippen molar-refractivity contribution in [3.05, 3.63) is 54.9 Å². The van der Waals surface area contributed by atoms with E-state index in [0.717, 1.165) is 15.3 Å². The number of aryl methyl sites for hydroxylation is 2. The van der Waals surface area contributed by atoms with Gasteiger partial charge in [0.1, 0.15) is 10.6 Å². The Morgan fingerprint density at radius 2 is 2.04 bits per heavy atom. The highest BCUT2D eigenvalue weighted by Gasteiger charge is 2.17. The summed E-state index contributed by atoms with van der Waals surface area (Å²) in [6.07, 6.45) is -0.450. The lowest BCUT2D eigenvalue weighted by atomic mass is 10.2. The number of benzene rings is 1. The first kappa shape index (κ1) is 16.3. The number of thiophene rings is 1. The van der Waals surface area contributed by atoms with E-state index in [1.54, 1.807) is 18.2 Å². The van der Waals surface area contributed by atoms with E-state index in [0.29, 0.717) is 27.0 Å². The summed E-state index contributed by atoms with van der Waals surface area (Å²) in [6.45, 7) is 5.72. The molecule has 3 rings (SSSR count). The Hall–Kier alpha value is -1.56. The van der Waals surface area contributed by atoms with Crippen LogP contribution in [0.2, 0.25) is 10.0 Å². The monoisotopic (exact) mass is 368 g/mol. The number of hydrogen-bond donors (Lipinski definition) is 1. The zero-order valence-corrected chi connectivity index (χ0v) is 15.1. The molecule has 1 N–H and O–H groups in total. The van der Waals surface area contributed by atoms with Crippen molar-refractivity contribution in [1.82, 2.24) is 9.97 Å². The number of nitrogens with one attached hydrogen (secondary N) is 1. The maximum atomic E-state index is 12.3. The van der Waals surface area contributed by atoms with E-state index in [9.17, 15) is 4.79 Å². The van der Waals surface area contributed by atoms with Crippen LogP contribution in [0.3, 0.4) is 0 Å². The molecule has 0 saturated heterocycles. The summed E-state index contributed by atoms with van der Waals surface area (Å²) in [5, 5.41) is 1.59. The first-order chi connectivity index (χ1) is 10.9. The zero-order chi connectivity index (χ0) is 16.7. The van der Waals surface area contributed by atoms with Gasteiger partial charge in [0.15, 0.2) is 11.9 Å². The molecule has 4 nitrogen and oxygen atoms in total. The highest BCUT2D eigenvalue weighted by atomic mass is 35.5. The molecule has 0 radical (unpaired) electrons. The third kappa shape index (κ3) is 3.09. The van der Waals surface area contributed by atoms with Gasteiger partial charge >= 0.3 is 0 Å². The molecular weight excluding hydrogens is 355 g/mol. The summed E-state index contributed by atoms with van der Waals surface area (Å²) in [4.78, 5) is 21.5. The Bertz CT molecular complexity index is 949. The molecule has 0 aliphatic rings. The van der Waals surface area contributed by atoms with E-state index in [1.807, 2.05) is 20.8 Å². The Morgan fingerprint density at radius 1 is 1.30 bits per heavy atom. The Morgan fingerprint density at radius 3 is 2.74 bits per heavy atom. The molecule has 0 aliphatic heterocycles. The van der Waals surface area contributed by atoms with Gasteiger partial charge in [-0.25, -0.2) is 4.98 Å². The van der Waals surface area contributed by atoms with E-state index >= 15 is 0 Å². The molecule has 1 atom stereocenters. The number of fused-ring (bicyclic) bond motifs is 1. The molecule has 3 aromatic rings. The third-order valence-corrected chi connectivity index (χ3v) is 5.27. The maximum Gasteiger partial charge on any atom is 0.260 e. The minimum absolute atomic E-state index is 0.149. The largest absolute Gasteiger partial charge is 0.481 e. The van der Waals surface area contributed by atoms with Crippen LogP contribution in [-0.4, -0.2) is 9.97 Å². The average molecular weight is 369 g/mol. The summed E-state index contributed by atoms with van der Waals surface area (Å²) >= 11 is 13.5. The normalized spacial score (nSPS) is 12.6. The van der Waals surface area contributed by atoms with Gasteiger partial charge in [-0.1, -0.05) is 23.2 Å². The second-order valence-corrected chi connectivity index (χ2v) is 7.30. The number of rotatable bonds is 3. The number of H-pyrrole nitrogens is 1. The van der Waals surface area contributed by atoms with E-state index in [2.05, 4.69) is 9.97 Å². The molecule has 1 aromatic carbocycles. The van der Waals surface area contributed by atoms with Crippen LogP contribution in [0.4, 0.5) is 0 Å².